The lowest BCUT2D eigenvalue weighted by molar-refractivity contribution is -0.141. The molecule has 3 aromatic rings. The quantitative estimate of drug-likeness (QED) is 0.307. The van der Waals surface area contributed by atoms with Crippen molar-refractivity contribution in [3.05, 3.63) is 111 Å². The number of halogens is 1. The summed E-state index contributed by atoms with van der Waals surface area (Å²) in [5, 5.41) is 10.1. The maximum atomic E-state index is 13.4. The van der Waals surface area contributed by atoms with Gasteiger partial charge in [-0.1, -0.05) is 66.2 Å². The van der Waals surface area contributed by atoms with E-state index in [-0.39, 0.29) is 17.7 Å². The predicted octanol–water partition coefficient (Wildman–Crippen LogP) is 5.72. The highest BCUT2D eigenvalue weighted by Crippen LogP contribution is 2.33. The fraction of sp³-hybridized carbons (Fsp3) is 0.138. The fourth-order valence-corrected chi connectivity index (χ4v) is 4.06. The van der Waals surface area contributed by atoms with Gasteiger partial charge < -0.3 is 9.47 Å². The van der Waals surface area contributed by atoms with E-state index in [2.05, 4.69) is 0 Å². The van der Waals surface area contributed by atoms with Gasteiger partial charge in [0, 0.05) is 10.6 Å². The molecular formula is C29H23ClN2O4. The summed E-state index contributed by atoms with van der Waals surface area (Å²) >= 11 is 6.25. The largest absolute Gasteiger partial charge is 0.493 e. The summed E-state index contributed by atoms with van der Waals surface area (Å²) in [5.41, 5.74) is 2.78. The van der Waals surface area contributed by atoms with Crippen molar-refractivity contribution in [1.82, 2.24) is 4.90 Å². The maximum Gasteiger partial charge on any atom is 0.271 e. The van der Waals surface area contributed by atoms with E-state index < -0.39 is 11.8 Å². The van der Waals surface area contributed by atoms with Crippen molar-refractivity contribution < 1.29 is 19.1 Å². The van der Waals surface area contributed by atoms with Crippen molar-refractivity contribution in [1.29, 1.82) is 5.26 Å². The van der Waals surface area contributed by atoms with Crippen LogP contribution in [0, 0.1) is 11.3 Å². The second-order valence-electron chi connectivity index (χ2n) is 8.14. The van der Waals surface area contributed by atoms with Gasteiger partial charge in [0.2, 0.25) is 0 Å². The Morgan fingerprint density at radius 1 is 0.972 bits per heavy atom. The van der Waals surface area contributed by atoms with Gasteiger partial charge >= 0.3 is 0 Å². The molecule has 2 amide bonds. The molecule has 0 aromatic heterocycles. The highest BCUT2D eigenvalue weighted by molar-refractivity contribution is 6.31. The van der Waals surface area contributed by atoms with Crippen LogP contribution in [0.25, 0.3) is 6.08 Å². The van der Waals surface area contributed by atoms with Gasteiger partial charge in [-0.15, -0.1) is 0 Å². The van der Waals surface area contributed by atoms with Crippen LogP contribution in [0.2, 0.25) is 5.02 Å². The van der Waals surface area contributed by atoms with Crippen molar-refractivity contribution in [3.63, 3.8) is 0 Å². The number of benzene rings is 3. The molecule has 0 bridgehead atoms. The van der Waals surface area contributed by atoms with E-state index in [0.717, 1.165) is 10.5 Å². The lowest BCUT2D eigenvalue weighted by Crippen LogP contribution is -2.42. The number of carbonyl (C=O) groups is 2. The SMILES string of the molecule is COc1cc(/C=C2/C(=O)N(Cc3ccccc3Cl)C(=O)C(C#N)=C2C)ccc1OCc1ccccc1. The highest BCUT2D eigenvalue weighted by atomic mass is 35.5. The number of hydrogen-bond donors (Lipinski definition) is 0. The van der Waals surface area contributed by atoms with Gasteiger partial charge in [0.05, 0.1) is 13.7 Å². The Kier molecular flexibility index (Phi) is 7.53. The molecule has 1 heterocycles. The van der Waals surface area contributed by atoms with Crippen LogP contribution in [0.1, 0.15) is 23.6 Å². The summed E-state index contributed by atoms with van der Waals surface area (Å²) in [6.45, 7) is 1.94. The second kappa shape index (κ2) is 10.9. The molecule has 4 rings (SSSR count). The third kappa shape index (κ3) is 5.17. The first-order valence-corrected chi connectivity index (χ1v) is 11.6. The van der Waals surface area contributed by atoms with Crippen LogP contribution in [0.15, 0.2) is 89.5 Å². The molecule has 6 nitrogen and oxygen atoms in total. The van der Waals surface area contributed by atoms with E-state index in [0.29, 0.717) is 39.8 Å². The van der Waals surface area contributed by atoms with E-state index in [4.69, 9.17) is 21.1 Å². The highest BCUT2D eigenvalue weighted by Gasteiger charge is 2.35. The monoisotopic (exact) mass is 498 g/mol. The molecule has 0 aliphatic carbocycles. The van der Waals surface area contributed by atoms with Crippen molar-refractivity contribution in [2.24, 2.45) is 0 Å². The molecule has 0 atom stereocenters. The first kappa shape index (κ1) is 24.8. The molecule has 36 heavy (non-hydrogen) atoms. The number of nitrogens with zero attached hydrogens (tertiary/aromatic N) is 2. The Morgan fingerprint density at radius 2 is 1.69 bits per heavy atom. The molecule has 1 aliphatic rings. The Balaban J connectivity index is 1.65. The minimum atomic E-state index is -0.640. The smallest absolute Gasteiger partial charge is 0.271 e. The van der Waals surface area contributed by atoms with E-state index in [9.17, 15) is 14.9 Å². The van der Waals surface area contributed by atoms with Gasteiger partial charge in [0.25, 0.3) is 11.8 Å². The number of methoxy groups -OCH3 is 1. The molecule has 0 spiro atoms. The van der Waals surface area contributed by atoms with Crippen molar-refractivity contribution in [3.8, 4) is 17.6 Å². The van der Waals surface area contributed by atoms with Crippen LogP contribution >= 0.6 is 11.6 Å². The van der Waals surface area contributed by atoms with Crippen LogP contribution < -0.4 is 9.47 Å². The molecule has 3 aromatic carbocycles. The standard InChI is InChI=1S/C29H23ClN2O4/c1-19-23(28(33)32(29(34)24(19)16-31)17-22-10-6-7-11-25(22)30)14-21-12-13-26(27(15-21)35-2)36-18-20-8-4-3-5-9-20/h3-15H,17-18H2,1-2H3/b23-14+. The van der Waals surface area contributed by atoms with Gasteiger partial charge in [-0.25, -0.2) is 0 Å². The second-order valence-corrected chi connectivity index (χ2v) is 8.55. The predicted molar refractivity (Wildman–Crippen MR) is 137 cm³/mol. The first-order valence-electron chi connectivity index (χ1n) is 11.2. The zero-order chi connectivity index (χ0) is 25.7. The fourth-order valence-electron chi connectivity index (χ4n) is 3.87. The summed E-state index contributed by atoms with van der Waals surface area (Å²) in [6.07, 6.45) is 1.64. The minimum absolute atomic E-state index is 0.0390. The van der Waals surface area contributed by atoms with E-state index in [1.807, 2.05) is 36.4 Å². The Hall–Kier alpha value is -4.34. The molecule has 0 fully saturated rings. The number of hydrogen-bond acceptors (Lipinski definition) is 5. The summed E-state index contributed by atoms with van der Waals surface area (Å²) in [5.74, 6) is -0.0900. The van der Waals surface area contributed by atoms with Crippen molar-refractivity contribution in [2.75, 3.05) is 7.11 Å². The van der Waals surface area contributed by atoms with Crippen LogP contribution in [-0.2, 0) is 22.7 Å². The van der Waals surface area contributed by atoms with Crippen LogP contribution in [0.4, 0.5) is 0 Å². The zero-order valence-corrected chi connectivity index (χ0v) is 20.6. The Morgan fingerprint density at radius 3 is 2.39 bits per heavy atom. The van der Waals surface area contributed by atoms with Crippen LogP contribution in [0.3, 0.4) is 0 Å². The summed E-state index contributed by atoms with van der Waals surface area (Å²) in [4.78, 5) is 27.4. The molecular weight excluding hydrogens is 476 g/mol. The molecule has 0 radical (unpaired) electrons. The molecule has 7 heteroatoms. The van der Waals surface area contributed by atoms with Gasteiger partial charge in [0.1, 0.15) is 18.2 Å². The number of amides is 2. The normalized spacial score (nSPS) is 14.7. The molecule has 0 saturated carbocycles. The van der Waals surface area contributed by atoms with Gasteiger partial charge in [-0.3, -0.25) is 14.5 Å². The summed E-state index contributed by atoms with van der Waals surface area (Å²) < 4.78 is 11.4. The third-order valence-electron chi connectivity index (χ3n) is 5.85. The average molecular weight is 499 g/mol. The molecule has 1 aliphatic heterocycles. The first-order chi connectivity index (χ1) is 17.4. The van der Waals surface area contributed by atoms with Crippen molar-refractivity contribution >= 4 is 29.5 Å². The van der Waals surface area contributed by atoms with Gasteiger partial charge in [-0.05, 0) is 53.5 Å². The zero-order valence-electron chi connectivity index (χ0n) is 19.8. The number of ether oxygens (including phenoxy) is 2. The van der Waals surface area contributed by atoms with Gasteiger partial charge in [-0.2, -0.15) is 5.26 Å². The van der Waals surface area contributed by atoms with Crippen LogP contribution in [-0.4, -0.2) is 23.8 Å². The average Bonchev–Trinajstić information content (AvgIpc) is 2.90. The maximum absolute atomic E-state index is 13.4. The number of rotatable bonds is 7. The van der Waals surface area contributed by atoms with E-state index in [1.54, 1.807) is 55.5 Å². The summed E-state index contributed by atoms with van der Waals surface area (Å²) in [6, 6.07) is 24.0. The van der Waals surface area contributed by atoms with E-state index in [1.165, 1.54) is 7.11 Å². The summed E-state index contributed by atoms with van der Waals surface area (Å²) in [7, 11) is 1.54. The van der Waals surface area contributed by atoms with Crippen LogP contribution in [0.5, 0.6) is 11.5 Å². The molecule has 0 N–H and O–H groups in total. The third-order valence-corrected chi connectivity index (χ3v) is 6.22. The Labute approximate surface area is 214 Å². The Bertz CT molecular complexity index is 1420. The number of carbonyl (C=O) groups excluding carboxylic acids is 2. The number of nitriles is 1. The topological polar surface area (TPSA) is 79.6 Å². The minimum Gasteiger partial charge on any atom is -0.493 e. The molecule has 0 unspecified atom stereocenters. The lowest BCUT2D eigenvalue weighted by atomic mass is 9.93. The van der Waals surface area contributed by atoms with E-state index >= 15 is 0 Å². The molecule has 180 valence electrons. The van der Waals surface area contributed by atoms with Gasteiger partial charge in [0.15, 0.2) is 11.5 Å². The molecule has 0 saturated heterocycles. The van der Waals surface area contributed by atoms with Crippen molar-refractivity contribution in [2.45, 2.75) is 20.1 Å². The number of imide groups is 1. The lowest BCUT2D eigenvalue weighted by Gasteiger charge is -2.27.